The minimum absolute atomic E-state index is 0.114. The van der Waals surface area contributed by atoms with E-state index in [-0.39, 0.29) is 12.5 Å². The van der Waals surface area contributed by atoms with Gasteiger partial charge in [0, 0.05) is 42.8 Å². The molecule has 6 nitrogen and oxygen atoms in total. The molecule has 0 atom stereocenters. The number of benzene rings is 1. The molecule has 1 amide bonds. The number of fused-ring (bicyclic) bond motifs is 2. The van der Waals surface area contributed by atoms with Crippen molar-refractivity contribution in [1.82, 2.24) is 19.7 Å². The van der Waals surface area contributed by atoms with Gasteiger partial charge in [-0.05, 0) is 24.6 Å². The van der Waals surface area contributed by atoms with E-state index in [4.69, 9.17) is 0 Å². The normalized spacial score (nSPS) is 19.4. The number of hydrogen-bond acceptors (Lipinski definition) is 6. The van der Waals surface area contributed by atoms with E-state index in [0.29, 0.717) is 31.2 Å². The Morgan fingerprint density at radius 1 is 1.12 bits per heavy atom. The Balaban J connectivity index is 1.37. The number of aromatic nitrogens is 1. The van der Waals surface area contributed by atoms with Crippen LogP contribution in [0.5, 0.6) is 0 Å². The van der Waals surface area contributed by atoms with E-state index < -0.39 is 11.7 Å². The molecule has 0 bridgehead atoms. The number of guanidine groups is 1. The Labute approximate surface area is 187 Å². The Kier molecular flexibility index (Phi) is 5.29. The van der Waals surface area contributed by atoms with Gasteiger partial charge >= 0.3 is 6.18 Å². The van der Waals surface area contributed by atoms with Crippen LogP contribution in [0.3, 0.4) is 0 Å². The Bertz CT molecular complexity index is 1110. The van der Waals surface area contributed by atoms with Gasteiger partial charge in [-0.3, -0.25) is 19.6 Å². The van der Waals surface area contributed by atoms with Gasteiger partial charge in [0.2, 0.25) is 5.96 Å². The molecule has 0 aliphatic carbocycles. The second-order valence-electron chi connectivity index (χ2n) is 8.19. The average Bonchev–Trinajstić information content (AvgIpc) is 3.40. The van der Waals surface area contributed by atoms with Gasteiger partial charge in [-0.25, -0.2) is 4.98 Å². The first-order chi connectivity index (χ1) is 15.3. The maximum Gasteiger partial charge on any atom is 0.416 e. The van der Waals surface area contributed by atoms with Crippen molar-refractivity contribution in [2.24, 2.45) is 4.99 Å². The van der Waals surface area contributed by atoms with Crippen LogP contribution >= 0.6 is 11.3 Å². The highest BCUT2D eigenvalue weighted by Gasteiger charge is 2.41. The largest absolute Gasteiger partial charge is 0.416 e. The number of aryl methyl sites for hydroxylation is 1. The molecule has 1 aromatic heterocycles. The van der Waals surface area contributed by atoms with Crippen LogP contribution in [-0.2, 0) is 24.1 Å². The van der Waals surface area contributed by atoms with Gasteiger partial charge < -0.3 is 4.90 Å². The minimum Gasteiger partial charge on any atom is -0.314 e. The molecule has 3 aliphatic rings. The highest BCUT2D eigenvalue weighted by atomic mass is 32.1. The summed E-state index contributed by atoms with van der Waals surface area (Å²) in [6.07, 6.45) is -3.62. The van der Waals surface area contributed by atoms with Crippen LogP contribution in [0.1, 0.15) is 28.2 Å². The van der Waals surface area contributed by atoms with Crippen LogP contribution in [0.4, 0.5) is 13.2 Å². The third-order valence-corrected chi connectivity index (χ3v) is 6.88. The first-order valence-corrected chi connectivity index (χ1v) is 11.3. The topological polar surface area (TPSA) is 52.0 Å². The van der Waals surface area contributed by atoms with E-state index in [1.807, 2.05) is 12.3 Å². The molecule has 0 spiro atoms. The predicted octanol–water partition coefficient (Wildman–Crippen LogP) is 3.64. The third-order valence-electron chi connectivity index (χ3n) is 5.93. The molecule has 5 rings (SSSR count). The Morgan fingerprint density at radius 2 is 1.91 bits per heavy atom. The van der Waals surface area contributed by atoms with E-state index in [1.54, 1.807) is 16.2 Å². The van der Waals surface area contributed by atoms with Gasteiger partial charge in [0.05, 0.1) is 30.8 Å². The Morgan fingerprint density at radius 3 is 2.59 bits per heavy atom. The van der Waals surface area contributed by atoms with Gasteiger partial charge in [-0.1, -0.05) is 12.1 Å². The second-order valence-corrected chi connectivity index (χ2v) is 9.13. The fraction of sp³-hybridized carbons (Fsp3) is 0.409. The molecule has 0 unspecified atom stereocenters. The van der Waals surface area contributed by atoms with Gasteiger partial charge in [0.25, 0.3) is 5.91 Å². The zero-order valence-electron chi connectivity index (χ0n) is 17.5. The molecule has 168 valence electrons. The molecule has 32 heavy (non-hydrogen) atoms. The Hall–Kier alpha value is -2.72. The molecule has 0 N–H and O–H groups in total. The molecule has 0 saturated carbocycles. The molecule has 10 heteroatoms. The predicted molar refractivity (Wildman–Crippen MR) is 115 cm³/mol. The number of carbonyl (C=O) groups excluding carboxylic acids is 1. The summed E-state index contributed by atoms with van der Waals surface area (Å²) in [5.74, 6) is 0.495. The van der Waals surface area contributed by atoms with Crippen LogP contribution in [0.25, 0.3) is 0 Å². The molecule has 4 heterocycles. The highest BCUT2D eigenvalue weighted by molar-refractivity contribution is 7.09. The van der Waals surface area contributed by atoms with Crippen molar-refractivity contribution in [2.45, 2.75) is 32.6 Å². The first-order valence-electron chi connectivity index (χ1n) is 10.4. The van der Waals surface area contributed by atoms with Crippen molar-refractivity contribution >= 4 is 23.2 Å². The standard InChI is InChI=1S/C22H22F3N5OS/c1-14-13-32-19(27-14)12-28-8-6-18-17(11-28)20(31)30(21-26-7-9-29(18)21)10-15-2-4-16(5-3-15)22(23,24)25/h2-5,13H,6-12H2,1H3. The van der Waals surface area contributed by atoms with Crippen molar-refractivity contribution in [3.63, 3.8) is 0 Å². The number of hydrogen-bond donors (Lipinski definition) is 0. The molecule has 1 aromatic carbocycles. The quantitative estimate of drug-likeness (QED) is 0.698. The number of amides is 1. The molecule has 0 radical (unpaired) electrons. The SMILES string of the molecule is Cc1csc(CN2CCC3=C(C2)C(=O)N(Cc2ccc(C(F)(F)F)cc2)C2=NCCN23)n1. The van der Waals surface area contributed by atoms with Crippen molar-refractivity contribution < 1.29 is 18.0 Å². The van der Waals surface area contributed by atoms with Gasteiger partial charge in [0.1, 0.15) is 5.01 Å². The van der Waals surface area contributed by atoms with E-state index in [0.717, 1.165) is 53.6 Å². The summed E-state index contributed by atoms with van der Waals surface area (Å²) in [5.41, 5.74) is 2.71. The molecule has 3 aliphatic heterocycles. The summed E-state index contributed by atoms with van der Waals surface area (Å²) in [5, 5.41) is 3.05. The van der Waals surface area contributed by atoms with Crippen molar-refractivity contribution in [1.29, 1.82) is 0 Å². The molecular weight excluding hydrogens is 439 g/mol. The second kappa shape index (κ2) is 8.00. The summed E-state index contributed by atoms with van der Waals surface area (Å²) >= 11 is 1.62. The van der Waals surface area contributed by atoms with Crippen LogP contribution in [-0.4, -0.2) is 57.7 Å². The maximum atomic E-state index is 13.5. The van der Waals surface area contributed by atoms with Gasteiger partial charge in [-0.15, -0.1) is 11.3 Å². The fourth-order valence-corrected chi connectivity index (χ4v) is 5.21. The van der Waals surface area contributed by atoms with Crippen LogP contribution in [0, 0.1) is 6.92 Å². The van der Waals surface area contributed by atoms with Crippen molar-refractivity contribution in [2.75, 3.05) is 26.2 Å². The molecular formula is C22H22F3N5OS. The summed E-state index contributed by atoms with van der Waals surface area (Å²) in [4.78, 5) is 28.5. The first kappa shape index (κ1) is 21.1. The highest BCUT2D eigenvalue weighted by Crippen LogP contribution is 2.33. The third kappa shape index (κ3) is 3.93. The van der Waals surface area contributed by atoms with E-state index in [2.05, 4.69) is 19.8 Å². The number of aliphatic imine (C=N–C) groups is 1. The lowest BCUT2D eigenvalue weighted by Gasteiger charge is -2.42. The van der Waals surface area contributed by atoms with Crippen LogP contribution < -0.4 is 0 Å². The molecule has 2 aromatic rings. The van der Waals surface area contributed by atoms with Crippen LogP contribution in [0.2, 0.25) is 0 Å². The number of rotatable bonds is 4. The average molecular weight is 462 g/mol. The minimum atomic E-state index is -4.38. The van der Waals surface area contributed by atoms with E-state index >= 15 is 0 Å². The summed E-state index contributed by atoms with van der Waals surface area (Å²) in [6, 6.07) is 4.97. The lowest BCUT2D eigenvalue weighted by Crippen LogP contribution is -2.53. The van der Waals surface area contributed by atoms with Crippen LogP contribution in [0.15, 0.2) is 45.9 Å². The number of alkyl halides is 3. The van der Waals surface area contributed by atoms with Crippen molar-refractivity contribution in [3.05, 3.63) is 62.7 Å². The van der Waals surface area contributed by atoms with E-state index in [1.165, 1.54) is 12.1 Å². The number of nitrogens with zero attached hydrogens (tertiary/aromatic N) is 5. The monoisotopic (exact) mass is 461 g/mol. The van der Waals surface area contributed by atoms with Gasteiger partial charge in [-0.2, -0.15) is 13.2 Å². The maximum absolute atomic E-state index is 13.5. The van der Waals surface area contributed by atoms with Gasteiger partial charge in [0.15, 0.2) is 0 Å². The zero-order valence-corrected chi connectivity index (χ0v) is 18.3. The lowest BCUT2D eigenvalue weighted by molar-refractivity contribution is -0.137. The number of thiazole rings is 1. The number of halogens is 3. The zero-order chi connectivity index (χ0) is 22.5. The summed E-state index contributed by atoms with van der Waals surface area (Å²) in [7, 11) is 0. The van der Waals surface area contributed by atoms with E-state index in [9.17, 15) is 18.0 Å². The molecule has 0 saturated heterocycles. The number of carbonyl (C=O) groups is 1. The van der Waals surface area contributed by atoms with Crippen molar-refractivity contribution in [3.8, 4) is 0 Å². The summed E-state index contributed by atoms with van der Waals surface area (Å²) < 4.78 is 38.7. The smallest absolute Gasteiger partial charge is 0.314 e. The summed E-state index contributed by atoms with van der Waals surface area (Å²) in [6.45, 7) is 5.54. The lowest BCUT2D eigenvalue weighted by atomic mass is 10.0. The fourth-order valence-electron chi connectivity index (χ4n) is 4.40. The molecule has 0 fully saturated rings.